The molecule has 4 aromatic heterocycles. The molecule has 57 heavy (non-hydrogen) atoms. The molecule has 0 aliphatic rings. The molecule has 287 valence electrons. The van der Waals surface area contributed by atoms with Crippen molar-refractivity contribution in [1.29, 1.82) is 0 Å². The van der Waals surface area contributed by atoms with Crippen LogP contribution in [0.5, 0.6) is 0 Å². The summed E-state index contributed by atoms with van der Waals surface area (Å²) in [5, 5.41) is 2.07. The normalized spacial score (nSPS) is 11.5. The second-order valence-electron chi connectivity index (χ2n) is 16.0. The van der Waals surface area contributed by atoms with Crippen LogP contribution in [0, 0.1) is 31.9 Å². The van der Waals surface area contributed by atoms with E-state index in [1.165, 1.54) is 16.7 Å². The van der Waals surface area contributed by atoms with Gasteiger partial charge in [-0.05, 0) is 54.4 Å². The van der Waals surface area contributed by atoms with Gasteiger partial charge in [0.05, 0.1) is 22.4 Å². The number of hydrogen-bond acceptors (Lipinski definition) is 4. The summed E-state index contributed by atoms with van der Waals surface area (Å²) in [4.78, 5) is 14.4. The van der Waals surface area contributed by atoms with Crippen molar-refractivity contribution in [3.05, 3.63) is 163 Å². The van der Waals surface area contributed by atoms with Crippen molar-refractivity contribution in [3.63, 3.8) is 0 Å². The Morgan fingerprint density at radius 2 is 1.49 bits per heavy atom. The number of benzene rings is 5. The molecule has 7 heteroatoms. The Bertz CT molecular complexity index is 2800. The first-order chi connectivity index (χ1) is 27.0. The van der Waals surface area contributed by atoms with E-state index in [-0.39, 0.29) is 20.1 Å². The maximum atomic E-state index is 6.37. The molecule has 9 rings (SSSR count). The van der Waals surface area contributed by atoms with Crippen molar-refractivity contribution in [2.75, 3.05) is 0 Å². The summed E-state index contributed by atoms with van der Waals surface area (Å²) >= 11 is -1.86. The van der Waals surface area contributed by atoms with Crippen molar-refractivity contribution < 1.29 is 24.5 Å². The predicted molar refractivity (Wildman–Crippen MR) is 235 cm³/mol. The topological polar surface area (TPSA) is 56.7 Å². The summed E-state index contributed by atoms with van der Waals surface area (Å²) in [6, 6.07) is 50.5. The fourth-order valence-corrected chi connectivity index (χ4v) is 10.8. The van der Waals surface area contributed by atoms with Gasteiger partial charge in [0.15, 0.2) is 0 Å². The van der Waals surface area contributed by atoms with Crippen LogP contribution < -0.4 is 4.40 Å². The van der Waals surface area contributed by atoms with Crippen molar-refractivity contribution in [2.45, 2.75) is 51.4 Å². The number of rotatable bonds is 7. The molecule has 0 unspecified atom stereocenters. The standard InChI is InChI=1S/C32H22N3O.C18H24GeN.Ir/c1-20-12-18-26(30-29(20)25-19-13-21(2)33-32(25)36-30)31-34-27-10-6-7-11-28(27)35(31)24-16-14-23(15-17-24)22-8-4-3-5-9-22;1-14(2)11-16-12-18(15-9-7-6-8-10-15)20-13-17(16)19(3,4)5;/h3-17,19H,1-2H3;6-9,12-14H,11H2,1-5H3;/q2*-1;. The maximum absolute atomic E-state index is 6.37. The van der Waals surface area contributed by atoms with Crippen LogP contribution in [0.3, 0.4) is 0 Å². The van der Waals surface area contributed by atoms with E-state index in [0.717, 1.165) is 73.4 Å². The number of nitrogens with zero attached hydrogens (tertiary/aromatic N) is 4. The molecule has 0 N–H and O–H groups in total. The molecule has 9 aromatic rings. The summed E-state index contributed by atoms with van der Waals surface area (Å²) in [6.07, 6.45) is 3.27. The molecular formula is C50H46GeIrN4O-2. The Morgan fingerprint density at radius 3 is 2.21 bits per heavy atom. The number of imidazole rings is 1. The number of fused-ring (bicyclic) bond motifs is 4. The second kappa shape index (κ2) is 16.8. The minimum Gasteiger partial charge on any atom is -0.486 e. The Balaban J connectivity index is 0.000000202. The molecule has 0 saturated carbocycles. The molecular weight excluding hydrogens is 937 g/mol. The fraction of sp³-hybridized carbons (Fsp3) is 0.180. The van der Waals surface area contributed by atoms with Crippen molar-refractivity contribution >= 4 is 50.8 Å². The Labute approximate surface area is 352 Å². The van der Waals surface area contributed by atoms with Crippen LogP contribution in [0.25, 0.3) is 72.6 Å². The zero-order valence-electron chi connectivity index (χ0n) is 33.5. The molecule has 5 aromatic carbocycles. The molecule has 0 amide bonds. The van der Waals surface area contributed by atoms with Gasteiger partial charge in [-0.25, -0.2) is 4.98 Å². The Morgan fingerprint density at radius 1 is 0.772 bits per heavy atom. The molecule has 0 spiro atoms. The number of pyridine rings is 2. The smallest absolute Gasteiger partial charge is 0.216 e. The van der Waals surface area contributed by atoms with E-state index < -0.39 is 13.3 Å². The Kier molecular flexibility index (Phi) is 11.8. The average molecular weight is 984 g/mol. The van der Waals surface area contributed by atoms with Crippen LogP contribution in [-0.2, 0) is 26.5 Å². The first-order valence-electron chi connectivity index (χ1n) is 19.4. The van der Waals surface area contributed by atoms with Crippen LogP contribution in [0.4, 0.5) is 0 Å². The Hall–Kier alpha value is -5.14. The van der Waals surface area contributed by atoms with Crippen LogP contribution in [0.2, 0.25) is 17.3 Å². The van der Waals surface area contributed by atoms with Gasteiger partial charge in [0.1, 0.15) is 0 Å². The van der Waals surface area contributed by atoms with Crippen LogP contribution in [-0.4, -0.2) is 32.8 Å². The van der Waals surface area contributed by atoms with Gasteiger partial charge < -0.3 is 8.98 Å². The number of aryl methyl sites for hydroxylation is 2. The van der Waals surface area contributed by atoms with Gasteiger partial charge in [-0.2, -0.15) is 0 Å². The maximum Gasteiger partial charge on any atom is 0.216 e. The minimum atomic E-state index is -1.86. The van der Waals surface area contributed by atoms with Gasteiger partial charge in [0, 0.05) is 36.9 Å². The van der Waals surface area contributed by atoms with Crippen molar-refractivity contribution in [2.24, 2.45) is 5.92 Å². The van der Waals surface area contributed by atoms with Gasteiger partial charge in [0.2, 0.25) is 5.71 Å². The third-order valence-corrected chi connectivity index (χ3v) is 14.5. The summed E-state index contributed by atoms with van der Waals surface area (Å²) in [6.45, 7) is 8.64. The molecule has 5 nitrogen and oxygen atoms in total. The van der Waals surface area contributed by atoms with E-state index in [4.69, 9.17) is 14.4 Å². The quantitative estimate of drug-likeness (QED) is 0.118. The van der Waals surface area contributed by atoms with E-state index >= 15 is 0 Å². The van der Waals surface area contributed by atoms with E-state index in [1.807, 2.05) is 61.5 Å². The van der Waals surface area contributed by atoms with E-state index in [0.29, 0.717) is 11.6 Å². The monoisotopic (exact) mass is 985 g/mol. The van der Waals surface area contributed by atoms with Crippen molar-refractivity contribution in [1.82, 2.24) is 19.5 Å². The number of hydrogen-bond donors (Lipinski definition) is 0. The first-order valence-corrected chi connectivity index (χ1v) is 26.7. The van der Waals surface area contributed by atoms with Crippen LogP contribution in [0.15, 0.2) is 138 Å². The molecule has 4 heterocycles. The third-order valence-electron chi connectivity index (χ3n) is 10.2. The van der Waals surface area contributed by atoms with E-state index in [1.54, 1.807) is 4.40 Å². The second-order valence-corrected chi connectivity index (χ2v) is 26.6. The molecule has 0 aliphatic carbocycles. The third kappa shape index (κ3) is 8.31. The molecule has 0 fully saturated rings. The minimum absolute atomic E-state index is 0. The number of para-hydroxylation sites is 2. The molecule has 1 radical (unpaired) electrons. The largest absolute Gasteiger partial charge is 0.486 e. The summed E-state index contributed by atoms with van der Waals surface area (Å²) in [5.41, 5.74) is 13.3. The first kappa shape index (κ1) is 40.1. The van der Waals surface area contributed by atoms with Gasteiger partial charge in [-0.15, -0.1) is 17.7 Å². The SMILES string of the molecule is CC(C)Cc1cc(-c2[c-]cccc2)nc[c]1[Ge]([CH3])([CH3])[CH3].Cc1ccc2c(n1)oc1c(-c3nc4ccccc4n3-c3ccc(-c4ccccc4)cc3)[c-]cc(C)c12.[Ir]. The molecule has 0 atom stereocenters. The zero-order valence-corrected chi connectivity index (χ0v) is 38.0. The van der Waals surface area contributed by atoms with Crippen LogP contribution in [0.1, 0.15) is 30.7 Å². The summed E-state index contributed by atoms with van der Waals surface area (Å²) in [5.74, 6) is 8.79. The summed E-state index contributed by atoms with van der Waals surface area (Å²) in [7, 11) is 0. The van der Waals surface area contributed by atoms with Gasteiger partial charge >= 0.3 is 126 Å². The molecule has 0 aliphatic heterocycles. The van der Waals surface area contributed by atoms with Gasteiger partial charge in [-0.3, -0.25) is 4.98 Å². The van der Waals surface area contributed by atoms with Crippen molar-refractivity contribution in [3.8, 4) is 39.5 Å². The van der Waals surface area contributed by atoms with E-state index in [9.17, 15) is 0 Å². The number of furan rings is 1. The average Bonchev–Trinajstić information content (AvgIpc) is 3.78. The number of aromatic nitrogens is 4. The predicted octanol–water partition coefficient (Wildman–Crippen LogP) is 12.4. The zero-order chi connectivity index (χ0) is 39.0. The summed E-state index contributed by atoms with van der Waals surface area (Å²) < 4.78 is 10.1. The van der Waals surface area contributed by atoms with Gasteiger partial charge in [-0.1, -0.05) is 72.5 Å². The van der Waals surface area contributed by atoms with Gasteiger partial charge in [0.25, 0.3) is 0 Å². The van der Waals surface area contributed by atoms with Crippen LogP contribution >= 0.6 is 0 Å². The molecule has 0 saturated heterocycles. The fourth-order valence-electron chi connectivity index (χ4n) is 7.49. The van der Waals surface area contributed by atoms with E-state index in [2.05, 4.69) is 139 Å². The molecule has 0 bridgehead atoms.